The van der Waals surface area contributed by atoms with Crippen LogP contribution in [0.5, 0.6) is 5.75 Å². The number of methoxy groups -OCH3 is 1. The van der Waals surface area contributed by atoms with Gasteiger partial charge in [0.2, 0.25) is 0 Å². The lowest BCUT2D eigenvalue weighted by atomic mass is 9.74. The Bertz CT molecular complexity index is 853. The van der Waals surface area contributed by atoms with Gasteiger partial charge in [0, 0.05) is 37.6 Å². The van der Waals surface area contributed by atoms with Crippen LogP contribution in [0.25, 0.3) is 0 Å². The lowest BCUT2D eigenvalue weighted by Gasteiger charge is -2.38. The number of alkyl halides is 3. The summed E-state index contributed by atoms with van der Waals surface area (Å²) in [4.78, 5) is 7.83. The van der Waals surface area contributed by atoms with Crippen molar-refractivity contribution in [3.05, 3.63) is 45.9 Å². The summed E-state index contributed by atoms with van der Waals surface area (Å²) in [5.41, 5.74) is 0.185. The number of halogens is 4. The van der Waals surface area contributed by atoms with Gasteiger partial charge >= 0.3 is 6.18 Å². The van der Waals surface area contributed by atoms with E-state index in [1.54, 1.807) is 14.2 Å². The first-order chi connectivity index (χ1) is 14.4. The van der Waals surface area contributed by atoms with Crippen LogP contribution in [-0.4, -0.2) is 44.9 Å². The number of benzene rings is 1. The van der Waals surface area contributed by atoms with Crippen molar-refractivity contribution in [1.82, 2.24) is 15.6 Å². The molecule has 1 aromatic heterocycles. The van der Waals surface area contributed by atoms with Crippen molar-refractivity contribution in [2.45, 2.75) is 31.0 Å². The van der Waals surface area contributed by atoms with E-state index >= 15 is 0 Å². The fourth-order valence-electron chi connectivity index (χ4n) is 3.43. The number of rotatable bonds is 6. The second-order valence-electron chi connectivity index (χ2n) is 7.02. The van der Waals surface area contributed by atoms with Gasteiger partial charge in [-0.2, -0.15) is 13.2 Å². The molecule has 0 bridgehead atoms. The van der Waals surface area contributed by atoms with E-state index in [1.165, 1.54) is 5.56 Å². The third-order valence-corrected chi connectivity index (χ3v) is 6.07. The van der Waals surface area contributed by atoms with Gasteiger partial charge in [0.25, 0.3) is 0 Å². The van der Waals surface area contributed by atoms with E-state index in [0.29, 0.717) is 30.7 Å². The zero-order chi connectivity index (χ0) is 21.6. The van der Waals surface area contributed by atoms with Crippen LogP contribution >= 0.6 is 35.3 Å². The zero-order valence-corrected chi connectivity index (χ0v) is 20.4. The molecular weight excluding hydrogens is 544 g/mol. The third kappa shape index (κ3) is 6.69. The van der Waals surface area contributed by atoms with Gasteiger partial charge in [-0.1, -0.05) is 12.1 Å². The van der Waals surface area contributed by atoms with Crippen LogP contribution in [0.3, 0.4) is 0 Å². The number of nitrogens with zero attached hydrogens (tertiary/aromatic N) is 2. The molecule has 1 aliphatic rings. The highest BCUT2D eigenvalue weighted by Gasteiger charge is 2.35. The topological polar surface area (TPSA) is 67.8 Å². The smallest absolute Gasteiger partial charge is 0.434 e. The molecule has 172 valence electrons. The summed E-state index contributed by atoms with van der Waals surface area (Å²) in [6.45, 7) is 2.12. The zero-order valence-electron chi connectivity index (χ0n) is 17.3. The minimum absolute atomic E-state index is 0. The average molecular weight is 570 g/mol. The lowest BCUT2D eigenvalue weighted by Crippen LogP contribution is -2.47. The summed E-state index contributed by atoms with van der Waals surface area (Å²) in [6, 6.07) is 8.02. The van der Waals surface area contributed by atoms with E-state index in [-0.39, 0.29) is 35.9 Å². The molecule has 1 aromatic carbocycles. The molecule has 0 aliphatic carbocycles. The number of hydrogen-bond donors (Lipinski definition) is 2. The van der Waals surface area contributed by atoms with Crippen molar-refractivity contribution >= 4 is 41.3 Å². The second-order valence-corrected chi connectivity index (χ2v) is 7.97. The fraction of sp³-hybridized carbons (Fsp3) is 0.500. The van der Waals surface area contributed by atoms with Crippen LogP contribution in [0, 0.1) is 0 Å². The highest BCUT2D eigenvalue weighted by atomic mass is 127. The Morgan fingerprint density at radius 2 is 1.90 bits per heavy atom. The Balaban J connectivity index is 0.00000341. The molecule has 0 atom stereocenters. The van der Waals surface area contributed by atoms with Gasteiger partial charge in [0.1, 0.15) is 10.8 Å². The Morgan fingerprint density at radius 3 is 2.45 bits per heavy atom. The maximum absolute atomic E-state index is 12.7. The molecule has 0 unspecified atom stereocenters. The maximum atomic E-state index is 12.7. The molecule has 0 spiro atoms. The van der Waals surface area contributed by atoms with Crippen LogP contribution in [0.4, 0.5) is 13.2 Å². The average Bonchev–Trinajstić information content (AvgIpc) is 3.24. The highest BCUT2D eigenvalue weighted by Crippen LogP contribution is 2.35. The molecule has 1 saturated heterocycles. The molecule has 2 heterocycles. The minimum Gasteiger partial charge on any atom is -0.497 e. The second kappa shape index (κ2) is 11.3. The van der Waals surface area contributed by atoms with Crippen LogP contribution in [-0.2, 0) is 22.9 Å². The number of aromatic nitrogens is 1. The van der Waals surface area contributed by atoms with Crippen LogP contribution in [0.15, 0.2) is 34.6 Å². The quantitative estimate of drug-likeness (QED) is 0.310. The van der Waals surface area contributed by atoms with E-state index < -0.39 is 11.9 Å². The first kappa shape index (κ1) is 25.7. The van der Waals surface area contributed by atoms with Gasteiger partial charge in [-0.15, -0.1) is 35.3 Å². The number of guanidine groups is 1. The van der Waals surface area contributed by atoms with E-state index in [0.717, 1.165) is 35.3 Å². The Kier molecular flexibility index (Phi) is 9.37. The molecule has 1 fully saturated rings. The molecule has 0 radical (unpaired) electrons. The summed E-state index contributed by atoms with van der Waals surface area (Å²) in [7, 11) is 3.26. The number of thiazole rings is 1. The van der Waals surface area contributed by atoms with Gasteiger partial charge in [-0.25, -0.2) is 4.98 Å². The van der Waals surface area contributed by atoms with Gasteiger partial charge in [-0.05, 0) is 30.5 Å². The van der Waals surface area contributed by atoms with Gasteiger partial charge in [0.15, 0.2) is 11.7 Å². The Morgan fingerprint density at radius 1 is 1.23 bits per heavy atom. The standard InChI is InChI=1S/C20H25F3N4O2S.HI/c1-24-18(25-11-17-27-16(12-30-17)20(21,22)23)26-13-19(7-9-29-10-8-19)14-3-5-15(28-2)6-4-14;/h3-6,12H,7-11,13H2,1-2H3,(H2,24,25,26);1H. The van der Waals surface area contributed by atoms with Crippen LogP contribution < -0.4 is 15.4 Å². The van der Waals surface area contributed by atoms with E-state index in [9.17, 15) is 13.2 Å². The normalized spacial score (nSPS) is 16.4. The predicted molar refractivity (Wildman–Crippen MR) is 125 cm³/mol. The van der Waals surface area contributed by atoms with Gasteiger partial charge < -0.3 is 20.1 Å². The molecule has 3 rings (SSSR count). The molecule has 0 amide bonds. The number of aliphatic imine (C=N–C) groups is 1. The highest BCUT2D eigenvalue weighted by molar-refractivity contribution is 14.0. The maximum Gasteiger partial charge on any atom is 0.434 e. The first-order valence-corrected chi connectivity index (χ1v) is 10.4. The van der Waals surface area contributed by atoms with Crippen LogP contribution in [0.2, 0.25) is 0 Å². The van der Waals surface area contributed by atoms with Crippen molar-refractivity contribution in [2.75, 3.05) is 33.9 Å². The van der Waals surface area contributed by atoms with Crippen molar-refractivity contribution in [3.63, 3.8) is 0 Å². The summed E-state index contributed by atoms with van der Waals surface area (Å²) >= 11 is 0.970. The monoisotopic (exact) mass is 570 g/mol. The molecule has 31 heavy (non-hydrogen) atoms. The van der Waals surface area contributed by atoms with Gasteiger partial charge in [0.05, 0.1) is 13.7 Å². The summed E-state index contributed by atoms with van der Waals surface area (Å²) in [5.74, 6) is 1.31. The Labute approximate surface area is 200 Å². The molecule has 2 N–H and O–H groups in total. The fourth-order valence-corrected chi connectivity index (χ4v) is 4.17. The molecular formula is C20H26F3IN4O2S. The molecule has 2 aromatic rings. The van der Waals surface area contributed by atoms with Crippen molar-refractivity contribution < 1.29 is 22.6 Å². The summed E-state index contributed by atoms with van der Waals surface area (Å²) in [6.07, 6.45) is -2.72. The Hall–Kier alpha value is -1.60. The van der Waals surface area contributed by atoms with Crippen molar-refractivity contribution in [1.29, 1.82) is 0 Å². The molecule has 0 saturated carbocycles. The number of nitrogens with one attached hydrogen (secondary N) is 2. The summed E-state index contributed by atoms with van der Waals surface area (Å²) in [5, 5.41) is 7.74. The van der Waals surface area contributed by atoms with E-state index in [4.69, 9.17) is 9.47 Å². The van der Waals surface area contributed by atoms with Crippen molar-refractivity contribution in [2.24, 2.45) is 4.99 Å². The number of ether oxygens (including phenoxy) is 2. The lowest BCUT2D eigenvalue weighted by molar-refractivity contribution is -0.140. The van der Waals surface area contributed by atoms with Crippen LogP contribution in [0.1, 0.15) is 29.1 Å². The SMILES string of the molecule is CN=C(NCc1nc(C(F)(F)F)cs1)NCC1(c2ccc(OC)cc2)CCOCC1.I. The number of hydrogen-bond acceptors (Lipinski definition) is 5. The van der Waals surface area contributed by atoms with Gasteiger partial charge in [-0.3, -0.25) is 4.99 Å². The molecule has 11 heteroatoms. The first-order valence-electron chi connectivity index (χ1n) is 9.55. The summed E-state index contributed by atoms with van der Waals surface area (Å²) < 4.78 is 49.0. The van der Waals surface area contributed by atoms with Crippen molar-refractivity contribution in [3.8, 4) is 5.75 Å². The predicted octanol–water partition coefficient (Wildman–Crippen LogP) is 4.20. The molecule has 1 aliphatic heterocycles. The van der Waals surface area contributed by atoms with E-state index in [2.05, 4.69) is 32.7 Å². The minimum atomic E-state index is -4.43. The largest absolute Gasteiger partial charge is 0.497 e. The third-order valence-electron chi connectivity index (χ3n) is 5.22. The molecule has 6 nitrogen and oxygen atoms in total. The van der Waals surface area contributed by atoms with E-state index in [1.807, 2.05) is 12.1 Å².